The topological polar surface area (TPSA) is 15.7 Å². The first-order chi connectivity index (χ1) is 15.3. The van der Waals surface area contributed by atoms with Crippen LogP contribution < -0.4 is 0 Å². The summed E-state index contributed by atoms with van der Waals surface area (Å²) in [4.78, 5) is 6.53. The maximum Gasteiger partial charge on any atom is 0.0514 e. The third-order valence-corrected chi connectivity index (χ3v) is 5.04. The summed E-state index contributed by atoms with van der Waals surface area (Å²) in [6.07, 6.45) is 0. The lowest BCUT2D eigenvalue weighted by Gasteiger charge is -2.29. The van der Waals surface area contributed by atoms with E-state index in [0.717, 1.165) is 0 Å². The van der Waals surface area contributed by atoms with Gasteiger partial charge in [-0.15, -0.1) is 0 Å². The van der Waals surface area contributed by atoms with Crippen molar-refractivity contribution in [2.24, 2.45) is 0 Å². The molecule has 0 bridgehead atoms. The molecular formula is C28H28N2O. The van der Waals surface area contributed by atoms with Gasteiger partial charge < -0.3 is 0 Å². The third kappa shape index (κ3) is 6.90. The molecule has 0 aliphatic carbocycles. The molecule has 0 aliphatic heterocycles. The van der Waals surface area contributed by atoms with Crippen molar-refractivity contribution in [1.29, 1.82) is 0 Å². The summed E-state index contributed by atoms with van der Waals surface area (Å²) in [5.41, 5.74) is 4.88. The number of hydroxylamine groups is 4. The number of hydrogen-bond donors (Lipinski definition) is 0. The molecule has 0 fully saturated rings. The van der Waals surface area contributed by atoms with Crippen molar-refractivity contribution in [2.75, 3.05) is 0 Å². The predicted octanol–water partition coefficient (Wildman–Crippen LogP) is 6.24. The molecule has 156 valence electrons. The van der Waals surface area contributed by atoms with Gasteiger partial charge in [-0.3, -0.25) is 0 Å². The van der Waals surface area contributed by atoms with Crippen molar-refractivity contribution < 1.29 is 4.94 Å². The Bertz CT molecular complexity index is 840. The molecular weight excluding hydrogens is 380 g/mol. The van der Waals surface area contributed by atoms with E-state index in [9.17, 15) is 0 Å². The highest BCUT2D eigenvalue weighted by Crippen LogP contribution is 2.16. The molecule has 0 aliphatic rings. The van der Waals surface area contributed by atoms with Crippen LogP contribution in [0.2, 0.25) is 0 Å². The van der Waals surface area contributed by atoms with Crippen LogP contribution in [-0.4, -0.2) is 10.1 Å². The van der Waals surface area contributed by atoms with E-state index in [0.29, 0.717) is 26.2 Å². The van der Waals surface area contributed by atoms with Gasteiger partial charge in [-0.25, -0.2) is 4.94 Å². The molecule has 0 amide bonds. The first-order valence-electron chi connectivity index (χ1n) is 10.7. The Hall–Kier alpha value is -3.24. The SMILES string of the molecule is c1ccc(CN(Cc2ccccc2)ON(Cc2ccccc2)Cc2ccccc2)cc1. The lowest BCUT2D eigenvalue weighted by molar-refractivity contribution is -0.344. The summed E-state index contributed by atoms with van der Waals surface area (Å²) in [5.74, 6) is 0. The van der Waals surface area contributed by atoms with Gasteiger partial charge in [0.25, 0.3) is 0 Å². The molecule has 0 saturated heterocycles. The molecule has 0 radical (unpaired) electrons. The van der Waals surface area contributed by atoms with Crippen LogP contribution >= 0.6 is 0 Å². The number of nitrogens with zero attached hydrogens (tertiary/aromatic N) is 2. The largest absolute Gasteiger partial charge is 0.207 e. The summed E-state index contributed by atoms with van der Waals surface area (Å²) >= 11 is 0. The molecule has 0 spiro atoms. The highest BCUT2D eigenvalue weighted by atomic mass is 16.8. The third-order valence-electron chi connectivity index (χ3n) is 5.04. The van der Waals surface area contributed by atoms with E-state index in [1.54, 1.807) is 0 Å². The smallest absolute Gasteiger partial charge is 0.0514 e. The average Bonchev–Trinajstić information content (AvgIpc) is 2.82. The van der Waals surface area contributed by atoms with Crippen LogP contribution in [0.3, 0.4) is 0 Å². The van der Waals surface area contributed by atoms with Crippen LogP contribution in [-0.2, 0) is 31.1 Å². The predicted molar refractivity (Wildman–Crippen MR) is 125 cm³/mol. The van der Waals surface area contributed by atoms with Crippen molar-refractivity contribution in [1.82, 2.24) is 10.1 Å². The Morgan fingerprint density at radius 3 is 0.806 bits per heavy atom. The minimum Gasteiger partial charge on any atom is -0.207 e. The molecule has 4 aromatic carbocycles. The van der Waals surface area contributed by atoms with E-state index >= 15 is 0 Å². The Balaban J connectivity index is 1.55. The Morgan fingerprint density at radius 2 is 0.581 bits per heavy atom. The molecule has 3 heteroatoms. The fraction of sp³-hybridized carbons (Fsp3) is 0.143. The van der Waals surface area contributed by atoms with Gasteiger partial charge in [0.1, 0.15) is 0 Å². The van der Waals surface area contributed by atoms with Gasteiger partial charge >= 0.3 is 0 Å². The number of benzene rings is 4. The highest BCUT2D eigenvalue weighted by Gasteiger charge is 2.15. The quantitative estimate of drug-likeness (QED) is 0.289. The van der Waals surface area contributed by atoms with Crippen molar-refractivity contribution in [3.63, 3.8) is 0 Å². The van der Waals surface area contributed by atoms with E-state index in [2.05, 4.69) is 97.1 Å². The van der Waals surface area contributed by atoms with Gasteiger partial charge in [0.05, 0.1) is 26.2 Å². The zero-order valence-electron chi connectivity index (χ0n) is 17.7. The van der Waals surface area contributed by atoms with Crippen LogP contribution in [0, 0.1) is 0 Å². The van der Waals surface area contributed by atoms with E-state index in [-0.39, 0.29) is 0 Å². The first-order valence-corrected chi connectivity index (χ1v) is 10.7. The monoisotopic (exact) mass is 408 g/mol. The molecule has 0 aromatic heterocycles. The maximum absolute atomic E-state index is 6.53. The average molecular weight is 409 g/mol. The Morgan fingerprint density at radius 1 is 0.355 bits per heavy atom. The van der Waals surface area contributed by atoms with Gasteiger partial charge in [0.2, 0.25) is 0 Å². The normalized spacial score (nSPS) is 11.2. The van der Waals surface area contributed by atoms with Crippen LogP contribution in [0.4, 0.5) is 0 Å². The second-order valence-electron chi connectivity index (χ2n) is 7.62. The van der Waals surface area contributed by atoms with E-state index in [1.807, 2.05) is 34.4 Å². The maximum atomic E-state index is 6.53. The molecule has 0 heterocycles. The molecule has 0 N–H and O–H groups in total. The van der Waals surface area contributed by atoms with Gasteiger partial charge in [0, 0.05) is 0 Å². The van der Waals surface area contributed by atoms with E-state index < -0.39 is 0 Å². The van der Waals surface area contributed by atoms with Crippen LogP contribution in [0.1, 0.15) is 22.3 Å². The molecule has 0 atom stereocenters. The summed E-state index contributed by atoms with van der Waals surface area (Å²) in [5, 5.41) is 4.08. The first kappa shape index (κ1) is 21.0. The Kier molecular flexibility index (Phi) is 7.61. The summed E-state index contributed by atoms with van der Waals surface area (Å²) < 4.78 is 0. The van der Waals surface area contributed by atoms with Gasteiger partial charge in [-0.05, 0) is 22.3 Å². The van der Waals surface area contributed by atoms with Crippen molar-refractivity contribution in [3.8, 4) is 0 Å². The fourth-order valence-corrected chi connectivity index (χ4v) is 3.54. The lowest BCUT2D eigenvalue weighted by Crippen LogP contribution is -2.34. The minimum atomic E-state index is 0.704. The molecule has 3 nitrogen and oxygen atoms in total. The van der Waals surface area contributed by atoms with Crippen molar-refractivity contribution in [2.45, 2.75) is 26.2 Å². The molecule has 4 aromatic rings. The van der Waals surface area contributed by atoms with E-state index in [1.165, 1.54) is 22.3 Å². The second-order valence-corrected chi connectivity index (χ2v) is 7.62. The summed E-state index contributed by atoms with van der Waals surface area (Å²) in [6.45, 7) is 2.82. The van der Waals surface area contributed by atoms with Crippen molar-refractivity contribution in [3.05, 3.63) is 144 Å². The summed E-state index contributed by atoms with van der Waals surface area (Å²) in [6, 6.07) is 41.9. The standard InChI is InChI=1S/C28H28N2O/c1-5-13-25(14-6-1)21-29(22-26-15-7-2-8-16-26)31-30(23-27-17-9-3-10-18-27)24-28-19-11-4-12-20-28/h1-20H,21-24H2. The highest BCUT2D eigenvalue weighted by molar-refractivity contribution is 5.18. The van der Waals surface area contributed by atoms with E-state index in [4.69, 9.17) is 4.94 Å². The molecule has 0 saturated carbocycles. The van der Waals surface area contributed by atoms with Gasteiger partial charge in [-0.2, -0.15) is 10.1 Å². The Labute approximate surface area is 185 Å². The number of rotatable bonds is 10. The zero-order valence-corrected chi connectivity index (χ0v) is 17.7. The summed E-state index contributed by atoms with van der Waals surface area (Å²) in [7, 11) is 0. The minimum absolute atomic E-state index is 0.704. The lowest BCUT2D eigenvalue weighted by atomic mass is 10.2. The number of hydrogen-bond acceptors (Lipinski definition) is 3. The molecule has 0 unspecified atom stereocenters. The van der Waals surface area contributed by atoms with Crippen molar-refractivity contribution >= 4 is 0 Å². The zero-order chi connectivity index (χ0) is 21.1. The van der Waals surface area contributed by atoms with Gasteiger partial charge in [0.15, 0.2) is 0 Å². The van der Waals surface area contributed by atoms with Crippen LogP contribution in [0.5, 0.6) is 0 Å². The van der Waals surface area contributed by atoms with Gasteiger partial charge in [-0.1, -0.05) is 121 Å². The second kappa shape index (κ2) is 11.2. The van der Waals surface area contributed by atoms with Crippen LogP contribution in [0.25, 0.3) is 0 Å². The molecule has 31 heavy (non-hydrogen) atoms. The fourth-order valence-electron chi connectivity index (χ4n) is 3.54. The van der Waals surface area contributed by atoms with Crippen LogP contribution in [0.15, 0.2) is 121 Å². The molecule has 4 rings (SSSR count).